The maximum Gasteiger partial charge on any atom is 0.306 e. The predicted octanol–water partition coefficient (Wildman–Crippen LogP) is 20.1. The van der Waals surface area contributed by atoms with Crippen molar-refractivity contribution in [3.8, 4) is 0 Å². The predicted molar refractivity (Wildman–Crippen MR) is 307 cm³/mol. The fourth-order valence-corrected chi connectivity index (χ4v) is 8.09. The third kappa shape index (κ3) is 57.1. The molecule has 0 saturated carbocycles. The van der Waals surface area contributed by atoms with Crippen molar-refractivity contribution in [2.75, 3.05) is 13.2 Å². The largest absolute Gasteiger partial charge is 0.462 e. The molecular formula is C65H110O6. The highest BCUT2D eigenvalue weighted by molar-refractivity contribution is 5.71. The molecule has 0 aromatic carbocycles. The summed E-state index contributed by atoms with van der Waals surface area (Å²) >= 11 is 0. The summed E-state index contributed by atoms with van der Waals surface area (Å²) in [4.78, 5) is 38.2. The van der Waals surface area contributed by atoms with E-state index in [9.17, 15) is 14.4 Å². The maximum atomic E-state index is 12.9. The Morgan fingerprint density at radius 2 is 0.577 bits per heavy atom. The molecule has 0 radical (unpaired) electrons. The molecule has 0 amide bonds. The van der Waals surface area contributed by atoms with E-state index >= 15 is 0 Å². The normalized spacial score (nSPS) is 12.8. The van der Waals surface area contributed by atoms with E-state index in [0.717, 1.165) is 128 Å². The van der Waals surface area contributed by atoms with Gasteiger partial charge in [0.2, 0.25) is 0 Å². The first kappa shape index (κ1) is 67.3. The minimum Gasteiger partial charge on any atom is -0.462 e. The van der Waals surface area contributed by atoms with Crippen LogP contribution in [-0.4, -0.2) is 37.2 Å². The van der Waals surface area contributed by atoms with Crippen LogP contribution in [-0.2, 0) is 28.6 Å². The monoisotopic (exact) mass is 987 g/mol. The van der Waals surface area contributed by atoms with Gasteiger partial charge in [0.25, 0.3) is 0 Å². The van der Waals surface area contributed by atoms with Crippen LogP contribution in [0.2, 0.25) is 0 Å². The molecule has 0 aliphatic carbocycles. The second-order valence-electron chi connectivity index (χ2n) is 19.5. The van der Waals surface area contributed by atoms with E-state index in [1.807, 2.05) is 0 Å². The van der Waals surface area contributed by atoms with Crippen LogP contribution in [0, 0.1) is 0 Å². The van der Waals surface area contributed by atoms with E-state index in [1.165, 1.54) is 109 Å². The first-order chi connectivity index (χ1) is 35.0. The number of unbranched alkanes of at least 4 members (excludes halogenated alkanes) is 26. The van der Waals surface area contributed by atoms with Crippen molar-refractivity contribution >= 4 is 17.9 Å². The summed E-state index contributed by atoms with van der Waals surface area (Å²) in [7, 11) is 0. The summed E-state index contributed by atoms with van der Waals surface area (Å²) in [5.74, 6) is -0.909. The lowest BCUT2D eigenvalue weighted by molar-refractivity contribution is -0.167. The molecule has 0 aromatic rings. The van der Waals surface area contributed by atoms with Crippen LogP contribution >= 0.6 is 0 Å². The van der Waals surface area contributed by atoms with Crippen LogP contribution in [0.5, 0.6) is 0 Å². The Morgan fingerprint density at radius 1 is 0.296 bits per heavy atom. The van der Waals surface area contributed by atoms with Crippen LogP contribution in [0.15, 0.2) is 97.2 Å². The zero-order valence-corrected chi connectivity index (χ0v) is 46.5. The molecule has 71 heavy (non-hydrogen) atoms. The van der Waals surface area contributed by atoms with E-state index < -0.39 is 6.10 Å². The van der Waals surface area contributed by atoms with Gasteiger partial charge in [-0.2, -0.15) is 0 Å². The molecule has 0 rings (SSSR count). The van der Waals surface area contributed by atoms with Crippen molar-refractivity contribution in [2.24, 2.45) is 0 Å². The zero-order valence-electron chi connectivity index (χ0n) is 46.5. The van der Waals surface area contributed by atoms with Gasteiger partial charge in [0, 0.05) is 19.3 Å². The number of carbonyl (C=O) groups excluding carboxylic acids is 3. The first-order valence-electron chi connectivity index (χ1n) is 29.7. The number of ether oxygens (including phenoxy) is 3. The Hall–Kier alpha value is -3.67. The molecule has 0 spiro atoms. The van der Waals surface area contributed by atoms with E-state index in [2.05, 4.69) is 118 Å². The van der Waals surface area contributed by atoms with Crippen molar-refractivity contribution in [1.29, 1.82) is 0 Å². The molecule has 0 N–H and O–H groups in total. The number of esters is 3. The molecule has 0 saturated heterocycles. The highest BCUT2D eigenvalue weighted by Crippen LogP contribution is 2.15. The second-order valence-corrected chi connectivity index (χ2v) is 19.5. The van der Waals surface area contributed by atoms with Crippen molar-refractivity contribution in [2.45, 2.75) is 284 Å². The molecule has 1 atom stereocenters. The molecule has 6 nitrogen and oxygen atoms in total. The molecule has 0 bridgehead atoms. The first-order valence-corrected chi connectivity index (χ1v) is 29.7. The summed E-state index contributed by atoms with van der Waals surface area (Å²) in [5.41, 5.74) is 0. The van der Waals surface area contributed by atoms with Crippen molar-refractivity contribution in [3.05, 3.63) is 97.2 Å². The van der Waals surface area contributed by atoms with Gasteiger partial charge in [0.15, 0.2) is 6.10 Å². The van der Waals surface area contributed by atoms with Crippen LogP contribution < -0.4 is 0 Å². The Bertz CT molecular complexity index is 1410. The summed E-state index contributed by atoms with van der Waals surface area (Å²) in [6, 6.07) is 0. The molecular weight excluding hydrogens is 877 g/mol. The lowest BCUT2D eigenvalue weighted by Crippen LogP contribution is -2.30. The van der Waals surface area contributed by atoms with Crippen LogP contribution in [0.3, 0.4) is 0 Å². The molecule has 0 heterocycles. The fraction of sp³-hybridized carbons (Fsp3) is 0.708. The van der Waals surface area contributed by atoms with Crippen molar-refractivity contribution < 1.29 is 28.6 Å². The smallest absolute Gasteiger partial charge is 0.306 e. The quantitative estimate of drug-likeness (QED) is 0.0261. The summed E-state index contributed by atoms with van der Waals surface area (Å²) in [5, 5.41) is 0. The lowest BCUT2D eigenvalue weighted by Gasteiger charge is -2.18. The van der Waals surface area contributed by atoms with Gasteiger partial charge in [-0.25, -0.2) is 0 Å². The number of carbonyl (C=O) groups is 3. The van der Waals surface area contributed by atoms with E-state index in [4.69, 9.17) is 14.2 Å². The van der Waals surface area contributed by atoms with Crippen LogP contribution in [0.25, 0.3) is 0 Å². The number of rotatable bonds is 53. The minimum atomic E-state index is -0.791. The highest BCUT2D eigenvalue weighted by Gasteiger charge is 2.19. The van der Waals surface area contributed by atoms with Gasteiger partial charge in [-0.05, 0) is 116 Å². The average Bonchev–Trinajstić information content (AvgIpc) is 3.37. The third-order valence-corrected chi connectivity index (χ3v) is 12.5. The fourth-order valence-electron chi connectivity index (χ4n) is 8.09. The van der Waals surface area contributed by atoms with Gasteiger partial charge in [-0.1, -0.05) is 240 Å². The van der Waals surface area contributed by atoms with E-state index in [1.54, 1.807) is 0 Å². The van der Waals surface area contributed by atoms with Gasteiger partial charge in [-0.3, -0.25) is 14.4 Å². The molecule has 1 unspecified atom stereocenters. The molecule has 0 fully saturated rings. The van der Waals surface area contributed by atoms with Gasteiger partial charge in [-0.15, -0.1) is 0 Å². The number of hydrogen-bond donors (Lipinski definition) is 0. The summed E-state index contributed by atoms with van der Waals surface area (Å²) in [6.07, 6.45) is 78.2. The molecule has 406 valence electrons. The van der Waals surface area contributed by atoms with Gasteiger partial charge < -0.3 is 14.2 Å². The molecule has 0 aromatic heterocycles. The maximum absolute atomic E-state index is 12.9. The van der Waals surface area contributed by atoms with Crippen LogP contribution in [0.1, 0.15) is 278 Å². The van der Waals surface area contributed by atoms with Gasteiger partial charge in [0.05, 0.1) is 0 Å². The minimum absolute atomic E-state index is 0.0876. The number of allylic oxidation sites excluding steroid dienone is 16. The molecule has 0 aliphatic heterocycles. The Morgan fingerprint density at radius 3 is 0.915 bits per heavy atom. The SMILES string of the molecule is CC/C=C\C/C=C\C/C=C\C/C=C\CCCCCCCCCCCCC(=O)OCC(COC(=O)CCCCCCC/C=C\C/C=C\CCC)OC(=O)CCCCCCCCC/C=C\C/C=C\CCCCC. The van der Waals surface area contributed by atoms with Crippen molar-refractivity contribution in [1.82, 2.24) is 0 Å². The highest BCUT2D eigenvalue weighted by atomic mass is 16.6. The average molecular weight is 988 g/mol. The van der Waals surface area contributed by atoms with Crippen molar-refractivity contribution in [3.63, 3.8) is 0 Å². The zero-order chi connectivity index (χ0) is 51.4. The third-order valence-electron chi connectivity index (χ3n) is 12.5. The number of hydrogen-bond acceptors (Lipinski definition) is 6. The standard InChI is InChI=1S/C65H110O6/c1-4-7-10-13-16-19-22-25-27-29-30-31-32-33-34-36-37-40-43-46-49-52-55-58-64(67)70-61-62(60-69-63(66)57-54-51-48-45-42-39-24-21-18-15-12-9-6-3)71-65(68)59-56-53-50-47-44-41-38-35-28-26-23-20-17-14-11-8-5-2/h7,10,12,15-17,19-21,24-28,30-31,62H,4-6,8-9,11,13-14,18,22-23,29,32-61H2,1-3H3/b10-7-,15-12-,19-16-,20-17-,24-21-,27-25-,28-26-,31-30-. The van der Waals surface area contributed by atoms with Gasteiger partial charge >= 0.3 is 17.9 Å². The van der Waals surface area contributed by atoms with E-state index in [-0.39, 0.29) is 31.1 Å². The van der Waals surface area contributed by atoms with Crippen LogP contribution in [0.4, 0.5) is 0 Å². The Balaban J connectivity index is 4.36. The summed E-state index contributed by atoms with van der Waals surface area (Å²) < 4.78 is 16.9. The summed E-state index contributed by atoms with van der Waals surface area (Å²) in [6.45, 7) is 6.43. The lowest BCUT2D eigenvalue weighted by atomic mass is 10.1. The molecule has 6 heteroatoms. The van der Waals surface area contributed by atoms with Gasteiger partial charge in [0.1, 0.15) is 13.2 Å². The Kier molecular flexibility index (Phi) is 55.9. The van der Waals surface area contributed by atoms with E-state index in [0.29, 0.717) is 19.3 Å². The molecule has 0 aliphatic rings. The topological polar surface area (TPSA) is 78.9 Å². The Labute approximate surface area is 438 Å². The second kappa shape index (κ2) is 58.9.